The summed E-state index contributed by atoms with van der Waals surface area (Å²) in [5, 5.41) is 11.4. The molecule has 1 aliphatic carbocycles. The van der Waals surface area contributed by atoms with Gasteiger partial charge in [0.1, 0.15) is 17.3 Å². The molecule has 1 saturated heterocycles. The van der Waals surface area contributed by atoms with Gasteiger partial charge in [-0.15, -0.1) is 0 Å². The Kier molecular flexibility index (Phi) is 6.96. The molecule has 4 rings (SSSR count). The van der Waals surface area contributed by atoms with Crippen molar-refractivity contribution in [3.05, 3.63) is 64.7 Å². The molecule has 34 heavy (non-hydrogen) atoms. The monoisotopic (exact) mass is 463 g/mol. The summed E-state index contributed by atoms with van der Waals surface area (Å²) in [6.07, 6.45) is 3.80. The minimum absolute atomic E-state index is 0.0122. The van der Waals surface area contributed by atoms with Gasteiger partial charge in [-0.1, -0.05) is 25.0 Å². The Bertz CT molecular complexity index is 1100. The maximum absolute atomic E-state index is 13.3. The molecule has 2 aliphatic rings. The highest BCUT2D eigenvalue weighted by Crippen LogP contribution is 2.44. The van der Waals surface area contributed by atoms with Gasteiger partial charge >= 0.3 is 0 Å². The molecule has 1 unspecified atom stereocenters. The van der Waals surface area contributed by atoms with Gasteiger partial charge in [0.25, 0.3) is 11.7 Å². The fraction of sp³-hybridized carbons (Fsp3) is 0.429. The Morgan fingerprint density at radius 3 is 2.35 bits per heavy atom. The fourth-order valence-electron chi connectivity index (χ4n) is 4.99. The summed E-state index contributed by atoms with van der Waals surface area (Å²) in [6.45, 7) is 8.27. The number of ether oxygens (including phenoxy) is 2. The molecular weight excluding hydrogens is 430 g/mol. The molecule has 0 spiro atoms. The van der Waals surface area contributed by atoms with Gasteiger partial charge in [-0.3, -0.25) is 9.59 Å². The van der Waals surface area contributed by atoms with E-state index in [4.69, 9.17) is 9.47 Å². The van der Waals surface area contributed by atoms with E-state index in [1.165, 1.54) is 0 Å². The summed E-state index contributed by atoms with van der Waals surface area (Å²) < 4.78 is 11.4. The van der Waals surface area contributed by atoms with Crippen molar-refractivity contribution in [2.24, 2.45) is 0 Å². The zero-order valence-electron chi connectivity index (χ0n) is 20.3. The highest BCUT2D eigenvalue weighted by atomic mass is 16.5. The molecule has 1 aliphatic heterocycles. The first-order valence-electron chi connectivity index (χ1n) is 12.1. The Hall–Kier alpha value is -3.28. The predicted octanol–water partition coefficient (Wildman–Crippen LogP) is 5.55. The second kappa shape index (κ2) is 9.92. The lowest BCUT2D eigenvalue weighted by Gasteiger charge is -2.30. The molecule has 1 heterocycles. The number of ketones is 1. The van der Waals surface area contributed by atoms with Crippen molar-refractivity contribution >= 4 is 17.4 Å². The molecule has 1 atom stereocenters. The smallest absolute Gasteiger partial charge is 0.295 e. The number of hydrogen-bond donors (Lipinski definition) is 1. The van der Waals surface area contributed by atoms with Crippen molar-refractivity contribution in [2.75, 3.05) is 6.61 Å². The summed E-state index contributed by atoms with van der Waals surface area (Å²) in [7, 11) is 0. The summed E-state index contributed by atoms with van der Waals surface area (Å²) in [5.74, 6) is 0.116. The summed E-state index contributed by atoms with van der Waals surface area (Å²) in [4.78, 5) is 28.2. The maximum Gasteiger partial charge on any atom is 0.295 e. The molecule has 1 N–H and O–H groups in total. The third-order valence-electron chi connectivity index (χ3n) is 6.52. The van der Waals surface area contributed by atoms with Crippen molar-refractivity contribution in [3.8, 4) is 11.5 Å². The molecule has 6 heteroatoms. The molecule has 0 radical (unpaired) electrons. The first kappa shape index (κ1) is 23.9. The summed E-state index contributed by atoms with van der Waals surface area (Å²) in [5.41, 5.74) is 2.26. The third kappa shape index (κ3) is 4.54. The molecule has 2 aromatic rings. The predicted molar refractivity (Wildman–Crippen MR) is 131 cm³/mol. The number of benzene rings is 2. The minimum Gasteiger partial charge on any atom is -0.507 e. The van der Waals surface area contributed by atoms with Crippen LogP contribution in [0.4, 0.5) is 0 Å². The molecule has 1 saturated carbocycles. The van der Waals surface area contributed by atoms with Crippen LogP contribution in [0.3, 0.4) is 0 Å². The standard InChI is InChI=1S/C28H33NO5/c1-5-33-22-13-10-19(11-14-22)25-24(27(31)28(32)29(25)21-8-6-7-9-21)26(30)20-12-15-23(18(4)16-20)34-17(2)3/h10-17,21,25,30H,5-9H2,1-4H3/b26-24-. The van der Waals surface area contributed by atoms with Gasteiger partial charge in [0, 0.05) is 11.6 Å². The van der Waals surface area contributed by atoms with Crippen LogP contribution in [0.1, 0.15) is 69.2 Å². The number of Topliss-reactive ketones (excluding diaryl/α,β-unsaturated/α-hetero) is 1. The number of likely N-dealkylation sites (tertiary alicyclic amines) is 1. The van der Waals surface area contributed by atoms with Gasteiger partial charge in [-0.05, 0) is 82.0 Å². The molecule has 2 fully saturated rings. The first-order chi connectivity index (χ1) is 16.3. The molecule has 1 amide bonds. The van der Waals surface area contributed by atoms with E-state index in [1.54, 1.807) is 23.1 Å². The van der Waals surface area contributed by atoms with E-state index in [2.05, 4.69) is 0 Å². The maximum atomic E-state index is 13.3. The van der Waals surface area contributed by atoms with E-state index in [1.807, 2.05) is 52.0 Å². The lowest BCUT2D eigenvalue weighted by atomic mass is 9.94. The van der Waals surface area contributed by atoms with E-state index in [9.17, 15) is 14.7 Å². The summed E-state index contributed by atoms with van der Waals surface area (Å²) >= 11 is 0. The largest absolute Gasteiger partial charge is 0.507 e. The van der Waals surface area contributed by atoms with Gasteiger partial charge in [-0.25, -0.2) is 0 Å². The number of amides is 1. The number of hydrogen-bond acceptors (Lipinski definition) is 5. The molecule has 180 valence electrons. The van der Waals surface area contributed by atoms with Crippen LogP contribution in [0.15, 0.2) is 48.0 Å². The van der Waals surface area contributed by atoms with Crippen LogP contribution < -0.4 is 9.47 Å². The number of aliphatic hydroxyl groups excluding tert-OH is 1. The van der Waals surface area contributed by atoms with Crippen molar-refractivity contribution in [1.29, 1.82) is 0 Å². The van der Waals surface area contributed by atoms with Crippen LogP contribution in [0.25, 0.3) is 5.76 Å². The summed E-state index contributed by atoms with van der Waals surface area (Å²) in [6, 6.07) is 12.1. The van der Waals surface area contributed by atoms with E-state index >= 15 is 0 Å². The first-order valence-corrected chi connectivity index (χ1v) is 12.1. The van der Waals surface area contributed by atoms with Gasteiger partial charge in [0.15, 0.2) is 0 Å². The minimum atomic E-state index is -0.636. The average Bonchev–Trinajstić information content (AvgIpc) is 3.42. The third-order valence-corrected chi connectivity index (χ3v) is 6.52. The Morgan fingerprint density at radius 2 is 1.76 bits per heavy atom. The Balaban J connectivity index is 1.81. The second-order valence-electron chi connectivity index (χ2n) is 9.29. The van der Waals surface area contributed by atoms with Gasteiger partial charge in [0.2, 0.25) is 0 Å². The number of aliphatic hydroxyl groups is 1. The zero-order chi connectivity index (χ0) is 24.4. The van der Waals surface area contributed by atoms with Gasteiger partial charge < -0.3 is 19.5 Å². The molecular formula is C28H33NO5. The van der Waals surface area contributed by atoms with Crippen LogP contribution in [0.5, 0.6) is 11.5 Å². The van der Waals surface area contributed by atoms with E-state index < -0.39 is 17.7 Å². The highest BCUT2D eigenvalue weighted by molar-refractivity contribution is 6.46. The number of rotatable bonds is 7. The second-order valence-corrected chi connectivity index (χ2v) is 9.29. The van der Waals surface area contributed by atoms with Crippen LogP contribution in [-0.4, -0.2) is 40.4 Å². The van der Waals surface area contributed by atoms with Crippen molar-refractivity contribution in [3.63, 3.8) is 0 Å². The average molecular weight is 464 g/mol. The molecule has 6 nitrogen and oxygen atoms in total. The van der Waals surface area contributed by atoms with Crippen molar-refractivity contribution < 1.29 is 24.2 Å². The number of aryl methyl sites for hydroxylation is 1. The van der Waals surface area contributed by atoms with Crippen LogP contribution in [-0.2, 0) is 9.59 Å². The number of carbonyl (C=O) groups is 2. The normalized spacial score (nSPS) is 20.4. The SMILES string of the molecule is CCOc1ccc(C2/C(=C(/O)c3ccc(OC(C)C)c(C)c3)C(=O)C(=O)N2C2CCCC2)cc1. The van der Waals surface area contributed by atoms with Gasteiger partial charge in [0.05, 0.1) is 24.3 Å². The Labute approximate surface area is 201 Å². The van der Waals surface area contributed by atoms with Crippen LogP contribution in [0.2, 0.25) is 0 Å². The van der Waals surface area contributed by atoms with Crippen molar-refractivity contribution in [2.45, 2.75) is 71.6 Å². The molecule has 2 aromatic carbocycles. The number of carbonyl (C=O) groups excluding carboxylic acids is 2. The topological polar surface area (TPSA) is 76.1 Å². The van der Waals surface area contributed by atoms with E-state index in [0.717, 1.165) is 48.3 Å². The Morgan fingerprint density at radius 1 is 1.09 bits per heavy atom. The van der Waals surface area contributed by atoms with Crippen LogP contribution >= 0.6 is 0 Å². The molecule has 0 bridgehead atoms. The van der Waals surface area contributed by atoms with E-state index in [-0.39, 0.29) is 23.5 Å². The molecule has 0 aromatic heterocycles. The van der Waals surface area contributed by atoms with Crippen molar-refractivity contribution in [1.82, 2.24) is 4.90 Å². The van der Waals surface area contributed by atoms with Crippen LogP contribution in [0, 0.1) is 6.92 Å². The highest BCUT2D eigenvalue weighted by Gasteiger charge is 2.49. The van der Waals surface area contributed by atoms with E-state index in [0.29, 0.717) is 12.2 Å². The quantitative estimate of drug-likeness (QED) is 0.331. The number of nitrogens with zero attached hydrogens (tertiary/aromatic N) is 1. The zero-order valence-corrected chi connectivity index (χ0v) is 20.3. The lowest BCUT2D eigenvalue weighted by Crippen LogP contribution is -2.37. The van der Waals surface area contributed by atoms with Gasteiger partial charge in [-0.2, -0.15) is 0 Å². The lowest BCUT2D eigenvalue weighted by molar-refractivity contribution is -0.141. The fourth-order valence-corrected chi connectivity index (χ4v) is 4.99.